The van der Waals surface area contributed by atoms with Gasteiger partial charge in [0.05, 0.1) is 25.2 Å². The minimum atomic E-state index is -0.801. The number of allylic oxidation sites excluding steroid dienone is 10. The quantitative estimate of drug-likeness (QED) is 0.0321. The van der Waals surface area contributed by atoms with Crippen molar-refractivity contribution in [1.29, 1.82) is 0 Å². The van der Waals surface area contributed by atoms with Gasteiger partial charge >= 0.3 is 5.97 Å². The second kappa shape index (κ2) is 56.5. The molecule has 0 aliphatic carbocycles. The van der Waals surface area contributed by atoms with E-state index in [4.69, 9.17) is 4.74 Å². The van der Waals surface area contributed by atoms with E-state index in [2.05, 4.69) is 56.5 Å². The van der Waals surface area contributed by atoms with Crippen LogP contribution in [0.25, 0.3) is 0 Å². The zero-order chi connectivity index (χ0) is 50.2. The van der Waals surface area contributed by atoms with E-state index in [1.807, 2.05) is 30.4 Å². The Labute approximate surface area is 428 Å². The van der Waals surface area contributed by atoms with Crippen molar-refractivity contribution in [2.75, 3.05) is 6.61 Å². The lowest BCUT2D eigenvalue weighted by atomic mass is 10.0. The van der Waals surface area contributed by atoms with Gasteiger partial charge in [0.2, 0.25) is 5.91 Å². The Morgan fingerprint density at radius 2 is 0.768 bits per heavy atom. The number of carbonyl (C=O) groups excluding carboxylic acids is 2. The number of amides is 1. The molecule has 402 valence electrons. The van der Waals surface area contributed by atoms with Crippen molar-refractivity contribution >= 4 is 11.9 Å². The summed E-state index contributed by atoms with van der Waals surface area (Å²) in [6, 6.07) is -0.717. The summed E-state index contributed by atoms with van der Waals surface area (Å²) in [6.45, 7) is 6.42. The Morgan fingerprint density at radius 1 is 0.420 bits per heavy atom. The summed E-state index contributed by atoms with van der Waals surface area (Å²) >= 11 is 0. The van der Waals surface area contributed by atoms with Crippen molar-refractivity contribution in [2.24, 2.45) is 0 Å². The van der Waals surface area contributed by atoms with Crippen LogP contribution in [0.15, 0.2) is 60.8 Å². The van der Waals surface area contributed by atoms with Gasteiger partial charge in [0.1, 0.15) is 6.10 Å². The highest BCUT2D eigenvalue weighted by atomic mass is 16.5. The summed E-state index contributed by atoms with van der Waals surface area (Å²) in [5.74, 6) is -0.503. The van der Waals surface area contributed by atoms with Crippen molar-refractivity contribution in [3.05, 3.63) is 60.8 Å². The predicted molar refractivity (Wildman–Crippen MR) is 301 cm³/mol. The number of nitrogens with one attached hydrogen (secondary N) is 1. The van der Waals surface area contributed by atoms with Crippen LogP contribution in [0.5, 0.6) is 0 Å². The Hall–Kier alpha value is -2.44. The molecule has 0 aromatic carbocycles. The summed E-state index contributed by atoms with van der Waals surface area (Å²) in [5.41, 5.74) is 0. The van der Waals surface area contributed by atoms with E-state index in [1.165, 1.54) is 186 Å². The zero-order valence-corrected chi connectivity index (χ0v) is 45.9. The fraction of sp³-hybridized carbons (Fsp3) is 0.810. The van der Waals surface area contributed by atoms with Crippen LogP contribution in [0.4, 0.5) is 0 Å². The summed E-state index contributed by atoms with van der Waals surface area (Å²) in [5, 5.41) is 23.9. The maximum Gasteiger partial charge on any atom is 0.306 e. The minimum absolute atomic E-state index is 0.0512. The largest absolute Gasteiger partial charge is 0.462 e. The first-order chi connectivity index (χ1) is 34.0. The highest BCUT2D eigenvalue weighted by Gasteiger charge is 2.24. The lowest BCUT2D eigenvalue weighted by molar-refractivity contribution is -0.151. The first-order valence-corrected chi connectivity index (χ1v) is 30.1. The van der Waals surface area contributed by atoms with Crippen molar-refractivity contribution in [3.63, 3.8) is 0 Å². The monoisotopic (exact) mass is 966 g/mol. The van der Waals surface area contributed by atoms with Crippen LogP contribution in [0.3, 0.4) is 0 Å². The number of esters is 1. The molecule has 6 heteroatoms. The number of aliphatic hydroxyl groups excluding tert-OH is 2. The molecule has 6 nitrogen and oxygen atoms in total. The summed E-state index contributed by atoms with van der Waals surface area (Å²) in [6.07, 6.45) is 71.4. The van der Waals surface area contributed by atoms with Gasteiger partial charge in [-0.1, -0.05) is 306 Å². The normalized spacial score (nSPS) is 13.5. The van der Waals surface area contributed by atoms with Crippen molar-refractivity contribution in [2.45, 2.75) is 322 Å². The first-order valence-electron chi connectivity index (χ1n) is 30.1. The second-order valence-corrected chi connectivity index (χ2v) is 20.5. The molecule has 0 fully saturated rings. The third kappa shape index (κ3) is 51.7. The third-order valence-corrected chi connectivity index (χ3v) is 13.7. The van der Waals surface area contributed by atoms with Gasteiger partial charge in [-0.2, -0.15) is 0 Å². The fourth-order valence-corrected chi connectivity index (χ4v) is 9.17. The van der Waals surface area contributed by atoms with Crippen molar-refractivity contribution in [3.8, 4) is 0 Å². The predicted octanol–water partition coefficient (Wildman–Crippen LogP) is 18.7. The molecule has 3 atom stereocenters. The standard InChI is InChI=1S/C63H115NO5/c1-4-7-10-13-16-19-22-25-28-31-32-35-38-41-44-47-50-53-56-63(68)69-59(54-51-48-45-42-39-36-33-29-26-23-20-17-14-11-8-5-2)57-62(67)64-60(58-65)61(66)55-52-49-46-43-40-37-34-30-27-24-21-18-15-12-9-6-3/h11,14,17,20,23,26,29,33,36,39,59-61,65-66H,4-10,12-13,15-16,18-19,21-22,24-25,27-28,30-32,34-35,37-38,40-58H2,1-3H3,(H,64,67)/b14-11+,20-17+,26-23+,33-29+,39-36+. The van der Waals surface area contributed by atoms with Gasteiger partial charge in [-0.05, 0) is 44.9 Å². The van der Waals surface area contributed by atoms with Crippen LogP contribution in [0, 0.1) is 0 Å². The number of carbonyl (C=O) groups is 2. The van der Waals surface area contributed by atoms with E-state index >= 15 is 0 Å². The molecule has 0 saturated heterocycles. The zero-order valence-electron chi connectivity index (χ0n) is 45.9. The smallest absolute Gasteiger partial charge is 0.306 e. The van der Waals surface area contributed by atoms with Gasteiger partial charge < -0.3 is 20.3 Å². The molecule has 0 aromatic rings. The van der Waals surface area contributed by atoms with E-state index in [-0.39, 0.29) is 24.9 Å². The lowest BCUT2D eigenvalue weighted by Gasteiger charge is -2.24. The molecule has 69 heavy (non-hydrogen) atoms. The second-order valence-electron chi connectivity index (χ2n) is 20.5. The van der Waals surface area contributed by atoms with E-state index in [0.717, 1.165) is 70.6 Å². The minimum Gasteiger partial charge on any atom is -0.462 e. The van der Waals surface area contributed by atoms with Gasteiger partial charge in [-0.15, -0.1) is 0 Å². The Kier molecular flexibility index (Phi) is 54.5. The fourth-order valence-electron chi connectivity index (χ4n) is 9.17. The van der Waals surface area contributed by atoms with E-state index in [1.54, 1.807) is 0 Å². The van der Waals surface area contributed by atoms with Crippen LogP contribution in [-0.2, 0) is 14.3 Å². The molecule has 3 N–H and O–H groups in total. The molecule has 0 saturated carbocycles. The van der Waals surface area contributed by atoms with Crippen LogP contribution >= 0.6 is 0 Å². The Bertz CT molecular complexity index is 1220. The average Bonchev–Trinajstić information content (AvgIpc) is 3.34. The first kappa shape index (κ1) is 66.6. The highest BCUT2D eigenvalue weighted by molar-refractivity contribution is 5.77. The van der Waals surface area contributed by atoms with Crippen LogP contribution in [0.2, 0.25) is 0 Å². The molecule has 0 aliphatic heterocycles. The maximum atomic E-state index is 13.3. The number of hydrogen-bond donors (Lipinski definition) is 3. The van der Waals surface area contributed by atoms with Crippen molar-refractivity contribution < 1.29 is 24.5 Å². The summed E-state index contributed by atoms with van der Waals surface area (Å²) in [7, 11) is 0. The van der Waals surface area contributed by atoms with E-state index in [0.29, 0.717) is 19.3 Å². The van der Waals surface area contributed by atoms with Gasteiger partial charge in [-0.25, -0.2) is 0 Å². The van der Waals surface area contributed by atoms with Crippen LogP contribution in [0.1, 0.15) is 303 Å². The van der Waals surface area contributed by atoms with Gasteiger partial charge in [0.25, 0.3) is 0 Å². The number of ether oxygens (including phenoxy) is 1. The Balaban J connectivity index is 4.59. The van der Waals surface area contributed by atoms with E-state index < -0.39 is 18.2 Å². The molecule has 0 aromatic heterocycles. The van der Waals surface area contributed by atoms with Crippen LogP contribution < -0.4 is 5.32 Å². The molecule has 0 heterocycles. The number of hydrogen-bond acceptors (Lipinski definition) is 5. The molecule has 0 radical (unpaired) electrons. The average molecular weight is 967 g/mol. The lowest BCUT2D eigenvalue weighted by Crippen LogP contribution is -2.46. The molecule has 1 amide bonds. The SMILES string of the molecule is CCC/C=C/C=C/C=C/C=C/C=C/CCCCCC(CC(=O)NC(CO)C(O)CCCCCCCCCCCCCCCCCC)OC(=O)CCCCCCCCCCCCCCCCCCCC. The topological polar surface area (TPSA) is 95.9 Å². The maximum absolute atomic E-state index is 13.3. The molecule has 3 unspecified atom stereocenters. The molecular weight excluding hydrogens is 851 g/mol. The summed E-state index contributed by atoms with van der Waals surface area (Å²) < 4.78 is 5.96. The molecule has 0 aliphatic rings. The molecule has 0 bridgehead atoms. The van der Waals surface area contributed by atoms with Crippen LogP contribution in [-0.4, -0.2) is 46.9 Å². The number of aliphatic hydroxyl groups is 2. The summed E-state index contributed by atoms with van der Waals surface area (Å²) in [4.78, 5) is 26.3. The van der Waals surface area contributed by atoms with E-state index in [9.17, 15) is 19.8 Å². The highest BCUT2D eigenvalue weighted by Crippen LogP contribution is 2.19. The third-order valence-electron chi connectivity index (χ3n) is 13.7. The Morgan fingerprint density at radius 3 is 1.17 bits per heavy atom. The van der Waals surface area contributed by atoms with Gasteiger partial charge in [-0.3, -0.25) is 9.59 Å². The van der Waals surface area contributed by atoms with Crippen molar-refractivity contribution in [1.82, 2.24) is 5.32 Å². The molecular formula is C63H115NO5. The molecule has 0 rings (SSSR count). The van der Waals surface area contributed by atoms with Gasteiger partial charge in [0.15, 0.2) is 0 Å². The van der Waals surface area contributed by atoms with Gasteiger partial charge in [0, 0.05) is 6.42 Å². The number of unbranched alkanes of at least 4 members (excludes halogenated alkanes) is 36. The molecule has 0 spiro atoms. The number of rotatable bonds is 54.